The van der Waals surface area contributed by atoms with E-state index in [1.54, 1.807) is 25.1 Å². The van der Waals surface area contributed by atoms with Gasteiger partial charge in [0, 0.05) is 12.2 Å². The Morgan fingerprint density at radius 3 is 2.76 bits per heavy atom. The molecule has 156 valence electrons. The summed E-state index contributed by atoms with van der Waals surface area (Å²) in [5, 5.41) is 18.0. The maximum absolute atomic E-state index is 12.2. The molecule has 1 aromatic heterocycles. The first-order chi connectivity index (χ1) is 13.8. The lowest BCUT2D eigenvalue weighted by Gasteiger charge is -2.15. The van der Waals surface area contributed by atoms with Gasteiger partial charge >= 0.3 is 0 Å². The Bertz CT molecular complexity index is 841. The van der Waals surface area contributed by atoms with E-state index in [1.165, 1.54) is 0 Å². The minimum Gasteiger partial charge on any atom is -0.508 e. The summed E-state index contributed by atoms with van der Waals surface area (Å²) in [6.45, 7) is 4.59. The standard InChI is InChI=1S/C21H29N5O3/c1-14-17(8-9-19(22)25-14)12-24-21(29)15(2)26-20(28)13-23-10-4-6-16-5-3-7-18(27)11-16/h3,5,7-9,11,15,23,27H,4,6,10,12-13H2,1-2H3,(H2,22,25)(H,24,29)(H,26,28)/t15-/m0/s1. The van der Waals surface area contributed by atoms with Crippen molar-refractivity contribution in [1.82, 2.24) is 20.9 Å². The molecule has 0 aliphatic carbocycles. The van der Waals surface area contributed by atoms with Gasteiger partial charge in [-0.2, -0.15) is 0 Å². The number of aromatic nitrogens is 1. The van der Waals surface area contributed by atoms with Gasteiger partial charge in [-0.25, -0.2) is 4.98 Å². The number of phenols is 1. The Hall–Kier alpha value is -3.13. The van der Waals surface area contributed by atoms with E-state index in [0.717, 1.165) is 29.7 Å². The first-order valence-electron chi connectivity index (χ1n) is 9.63. The van der Waals surface area contributed by atoms with E-state index in [1.807, 2.05) is 25.1 Å². The number of nitrogens with one attached hydrogen (secondary N) is 3. The molecule has 0 saturated heterocycles. The monoisotopic (exact) mass is 399 g/mol. The summed E-state index contributed by atoms with van der Waals surface area (Å²) in [5.41, 5.74) is 8.30. The average Bonchev–Trinajstić information content (AvgIpc) is 2.66. The minimum atomic E-state index is -0.640. The van der Waals surface area contributed by atoms with E-state index in [4.69, 9.17) is 5.73 Å². The molecule has 2 rings (SSSR count). The van der Waals surface area contributed by atoms with Crippen LogP contribution in [0.2, 0.25) is 0 Å². The van der Waals surface area contributed by atoms with Crippen molar-refractivity contribution in [3.8, 4) is 5.75 Å². The summed E-state index contributed by atoms with van der Waals surface area (Å²) in [5.74, 6) is 0.186. The lowest BCUT2D eigenvalue weighted by molar-refractivity contribution is -0.128. The SMILES string of the molecule is Cc1nc(N)ccc1CNC(=O)[C@H](C)NC(=O)CNCCCc1cccc(O)c1. The fourth-order valence-electron chi connectivity index (χ4n) is 2.82. The van der Waals surface area contributed by atoms with Crippen LogP contribution in [0.1, 0.15) is 30.2 Å². The van der Waals surface area contributed by atoms with Crippen LogP contribution in [0.25, 0.3) is 0 Å². The number of hydrogen-bond donors (Lipinski definition) is 5. The molecule has 1 atom stereocenters. The highest BCUT2D eigenvalue weighted by Gasteiger charge is 2.15. The summed E-state index contributed by atoms with van der Waals surface area (Å²) in [6.07, 6.45) is 1.64. The lowest BCUT2D eigenvalue weighted by atomic mass is 10.1. The number of nitrogens with zero attached hydrogens (tertiary/aromatic N) is 1. The Kier molecular flexibility index (Phi) is 8.42. The van der Waals surface area contributed by atoms with Crippen LogP contribution in [0, 0.1) is 6.92 Å². The molecule has 1 aromatic carbocycles. The fraction of sp³-hybridized carbons (Fsp3) is 0.381. The maximum atomic E-state index is 12.2. The fourth-order valence-corrected chi connectivity index (χ4v) is 2.82. The number of rotatable bonds is 10. The largest absolute Gasteiger partial charge is 0.508 e. The smallest absolute Gasteiger partial charge is 0.242 e. The van der Waals surface area contributed by atoms with Crippen molar-refractivity contribution in [3.05, 3.63) is 53.2 Å². The predicted molar refractivity (Wildman–Crippen MR) is 112 cm³/mol. The van der Waals surface area contributed by atoms with Crippen molar-refractivity contribution in [2.45, 2.75) is 39.3 Å². The van der Waals surface area contributed by atoms with Crippen LogP contribution in [0.5, 0.6) is 5.75 Å². The molecule has 8 nitrogen and oxygen atoms in total. The Morgan fingerprint density at radius 2 is 2.03 bits per heavy atom. The molecule has 0 bridgehead atoms. The highest BCUT2D eigenvalue weighted by molar-refractivity contribution is 5.87. The number of hydrogen-bond acceptors (Lipinski definition) is 6. The third-order valence-electron chi connectivity index (χ3n) is 4.46. The molecule has 0 aliphatic rings. The van der Waals surface area contributed by atoms with Crippen LogP contribution >= 0.6 is 0 Å². The molecule has 0 fully saturated rings. The molecule has 6 N–H and O–H groups in total. The average molecular weight is 399 g/mol. The predicted octanol–water partition coefficient (Wildman–Crippen LogP) is 1.02. The highest BCUT2D eigenvalue weighted by Crippen LogP contribution is 2.12. The van der Waals surface area contributed by atoms with Gasteiger partial charge < -0.3 is 26.8 Å². The zero-order chi connectivity index (χ0) is 21.2. The molecule has 0 saturated carbocycles. The van der Waals surface area contributed by atoms with Crippen LogP contribution in [0.4, 0.5) is 5.82 Å². The summed E-state index contributed by atoms with van der Waals surface area (Å²) < 4.78 is 0. The molecule has 29 heavy (non-hydrogen) atoms. The van der Waals surface area contributed by atoms with Crippen LogP contribution < -0.4 is 21.7 Å². The van der Waals surface area contributed by atoms with Crippen molar-refractivity contribution in [3.63, 3.8) is 0 Å². The number of nitrogen functional groups attached to an aromatic ring is 1. The molecule has 0 unspecified atom stereocenters. The summed E-state index contributed by atoms with van der Waals surface area (Å²) in [6, 6.07) is 10.00. The first-order valence-corrected chi connectivity index (χ1v) is 9.63. The second-order valence-corrected chi connectivity index (χ2v) is 6.94. The topological polar surface area (TPSA) is 129 Å². The lowest BCUT2D eigenvalue weighted by Crippen LogP contribution is -2.47. The van der Waals surface area contributed by atoms with E-state index in [-0.39, 0.29) is 24.1 Å². The van der Waals surface area contributed by atoms with Gasteiger partial charge in [-0.05, 0) is 62.6 Å². The summed E-state index contributed by atoms with van der Waals surface area (Å²) >= 11 is 0. The Balaban J connectivity index is 1.62. The molecule has 8 heteroatoms. The van der Waals surface area contributed by atoms with E-state index in [9.17, 15) is 14.7 Å². The Morgan fingerprint density at radius 1 is 1.24 bits per heavy atom. The zero-order valence-electron chi connectivity index (χ0n) is 16.9. The molecular weight excluding hydrogens is 370 g/mol. The van der Waals surface area contributed by atoms with Gasteiger partial charge in [-0.3, -0.25) is 9.59 Å². The third-order valence-corrected chi connectivity index (χ3v) is 4.46. The van der Waals surface area contributed by atoms with Crippen molar-refractivity contribution < 1.29 is 14.7 Å². The minimum absolute atomic E-state index is 0.138. The second-order valence-electron chi connectivity index (χ2n) is 6.94. The normalized spacial score (nSPS) is 11.7. The summed E-state index contributed by atoms with van der Waals surface area (Å²) in [7, 11) is 0. The van der Waals surface area contributed by atoms with Crippen molar-refractivity contribution in [1.29, 1.82) is 0 Å². The number of phenolic OH excluding ortho intramolecular Hbond substituents is 1. The molecule has 0 radical (unpaired) electrons. The van der Waals surface area contributed by atoms with E-state index >= 15 is 0 Å². The number of carbonyl (C=O) groups excluding carboxylic acids is 2. The van der Waals surface area contributed by atoms with Gasteiger partial charge in [0.15, 0.2) is 0 Å². The van der Waals surface area contributed by atoms with Crippen molar-refractivity contribution in [2.75, 3.05) is 18.8 Å². The number of nitrogens with two attached hydrogens (primary N) is 1. The molecule has 2 aromatic rings. The third kappa shape index (κ3) is 7.79. The molecular formula is C21H29N5O3. The van der Waals surface area contributed by atoms with E-state index in [0.29, 0.717) is 18.9 Å². The molecule has 2 amide bonds. The quantitative estimate of drug-likeness (QED) is 0.379. The van der Waals surface area contributed by atoms with Crippen molar-refractivity contribution in [2.24, 2.45) is 0 Å². The zero-order valence-corrected chi connectivity index (χ0v) is 16.9. The number of anilines is 1. The van der Waals surface area contributed by atoms with Gasteiger partial charge in [-0.1, -0.05) is 18.2 Å². The number of amides is 2. The van der Waals surface area contributed by atoms with Gasteiger partial charge in [0.1, 0.15) is 17.6 Å². The molecule has 0 spiro atoms. The molecule has 0 aliphatic heterocycles. The summed E-state index contributed by atoms with van der Waals surface area (Å²) in [4.78, 5) is 28.3. The van der Waals surface area contributed by atoms with Gasteiger partial charge in [0.05, 0.1) is 6.54 Å². The Labute approximate surface area is 170 Å². The van der Waals surface area contributed by atoms with Gasteiger partial charge in [0.25, 0.3) is 0 Å². The second kappa shape index (κ2) is 11.0. The van der Waals surface area contributed by atoms with Crippen LogP contribution in [0.3, 0.4) is 0 Å². The van der Waals surface area contributed by atoms with Crippen LogP contribution in [-0.4, -0.2) is 41.0 Å². The number of benzene rings is 1. The van der Waals surface area contributed by atoms with Crippen molar-refractivity contribution >= 4 is 17.6 Å². The number of aryl methyl sites for hydroxylation is 2. The number of pyridine rings is 1. The van der Waals surface area contributed by atoms with Gasteiger partial charge in [0.2, 0.25) is 11.8 Å². The number of aromatic hydroxyl groups is 1. The molecule has 1 heterocycles. The van der Waals surface area contributed by atoms with E-state index in [2.05, 4.69) is 20.9 Å². The maximum Gasteiger partial charge on any atom is 0.242 e. The van der Waals surface area contributed by atoms with Gasteiger partial charge in [-0.15, -0.1) is 0 Å². The highest BCUT2D eigenvalue weighted by atomic mass is 16.3. The van der Waals surface area contributed by atoms with Crippen LogP contribution in [0.15, 0.2) is 36.4 Å². The number of carbonyl (C=O) groups is 2. The first kappa shape index (κ1) is 22.2. The van der Waals surface area contributed by atoms with Crippen LogP contribution in [-0.2, 0) is 22.6 Å². The van der Waals surface area contributed by atoms with E-state index < -0.39 is 6.04 Å².